The SMILES string of the molecule is CC(C)(C)OC(=O)NCc1ccc(CNC(=O)[C@@H](N)Cc2ccccc2)cc1. The molecule has 150 valence electrons. The molecule has 0 aliphatic rings. The van der Waals surface area contributed by atoms with Gasteiger partial charge in [0.15, 0.2) is 0 Å². The van der Waals surface area contributed by atoms with Crippen molar-refractivity contribution in [1.82, 2.24) is 10.6 Å². The third kappa shape index (κ3) is 7.80. The first kappa shape index (κ1) is 21.4. The minimum Gasteiger partial charge on any atom is -0.444 e. The first-order valence-electron chi connectivity index (χ1n) is 9.35. The van der Waals surface area contributed by atoms with Gasteiger partial charge >= 0.3 is 6.09 Å². The fourth-order valence-corrected chi connectivity index (χ4v) is 2.54. The number of carbonyl (C=O) groups excluding carboxylic acids is 2. The van der Waals surface area contributed by atoms with Gasteiger partial charge in [-0.15, -0.1) is 0 Å². The lowest BCUT2D eigenvalue weighted by atomic mass is 10.1. The first-order valence-corrected chi connectivity index (χ1v) is 9.35. The quantitative estimate of drug-likeness (QED) is 0.685. The van der Waals surface area contributed by atoms with Crippen molar-refractivity contribution in [3.05, 3.63) is 71.3 Å². The van der Waals surface area contributed by atoms with Gasteiger partial charge in [0.25, 0.3) is 0 Å². The highest BCUT2D eigenvalue weighted by Crippen LogP contribution is 2.08. The van der Waals surface area contributed by atoms with Crippen LogP contribution in [0.5, 0.6) is 0 Å². The number of alkyl carbamates (subject to hydrolysis) is 1. The molecule has 2 rings (SSSR count). The average molecular weight is 383 g/mol. The Morgan fingerprint density at radius 2 is 1.43 bits per heavy atom. The summed E-state index contributed by atoms with van der Waals surface area (Å²) in [5.74, 6) is -0.181. The number of nitrogens with two attached hydrogens (primary N) is 1. The summed E-state index contributed by atoms with van der Waals surface area (Å²) in [6.45, 7) is 6.24. The van der Waals surface area contributed by atoms with Gasteiger partial charge in [-0.1, -0.05) is 54.6 Å². The van der Waals surface area contributed by atoms with Gasteiger partial charge in [-0.05, 0) is 43.9 Å². The largest absolute Gasteiger partial charge is 0.444 e. The van der Waals surface area contributed by atoms with E-state index in [4.69, 9.17) is 10.5 Å². The van der Waals surface area contributed by atoms with Crippen molar-refractivity contribution in [2.24, 2.45) is 5.73 Å². The zero-order valence-corrected chi connectivity index (χ0v) is 16.7. The van der Waals surface area contributed by atoms with Crippen LogP contribution >= 0.6 is 0 Å². The Morgan fingerprint density at radius 3 is 1.96 bits per heavy atom. The van der Waals surface area contributed by atoms with E-state index in [2.05, 4.69) is 10.6 Å². The molecule has 6 heteroatoms. The predicted molar refractivity (Wildman–Crippen MR) is 109 cm³/mol. The highest BCUT2D eigenvalue weighted by Gasteiger charge is 2.16. The van der Waals surface area contributed by atoms with Gasteiger partial charge in [0.1, 0.15) is 5.60 Å². The third-order valence-corrected chi connectivity index (χ3v) is 3.96. The molecule has 0 bridgehead atoms. The van der Waals surface area contributed by atoms with E-state index in [1.807, 2.05) is 75.4 Å². The second-order valence-electron chi connectivity index (χ2n) is 7.69. The Morgan fingerprint density at radius 1 is 0.893 bits per heavy atom. The van der Waals surface area contributed by atoms with Gasteiger partial charge < -0.3 is 21.1 Å². The zero-order chi connectivity index (χ0) is 20.6. The average Bonchev–Trinajstić information content (AvgIpc) is 2.64. The number of hydrogen-bond acceptors (Lipinski definition) is 4. The van der Waals surface area contributed by atoms with E-state index in [0.29, 0.717) is 19.5 Å². The maximum atomic E-state index is 12.2. The van der Waals surface area contributed by atoms with Crippen LogP contribution in [0.2, 0.25) is 0 Å². The molecule has 0 heterocycles. The van der Waals surface area contributed by atoms with Crippen LogP contribution in [0, 0.1) is 0 Å². The van der Waals surface area contributed by atoms with Crippen LogP contribution in [0.25, 0.3) is 0 Å². The fraction of sp³-hybridized carbons (Fsp3) is 0.364. The molecule has 1 atom stereocenters. The highest BCUT2D eigenvalue weighted by atomic mass is 16.6. The molecule has 0 aromatic heterocycles. The minimum atomic E-state index is -0.584. The Balaban J connectivity index is 1.76. The Hall–Kier alpha value is -2.86. The summed E-state index contributed by atoms with van der Waals surface area (Å²) >= 11 is 0. The van der Waals surface area contributed by atoms with Gasteiger partial charge in [-0.2, -0.15) is 0 Å². The van der Waals surface area contributed by atoms with Crippen LogP contribution in [-0.2, 0) is 29.0 Å². The van der Waals surface area contributed by atoms with Gasteiger partial charge in [-0.25, -0.2) is 4.79 Å². The normalized spacial score (nSPS) is 12.1. The standard InChI is InChI=1S/C22H29N3O3/c1-22(2,3)28-21(27)25-15-18-11-9-17(10-12-18)14-24-20(26)19(23)13-16-7-5-4-6-8-16/h4-12,19H,13-15,23H2,1-3H3,(H,24,26)(H,25,27)/t19-/m0/s1. The number of carbonyl (C=O) groups is 2. The molecule has 0 aliphatic heterocycles. The van der Waals surface area contributed by atoms with E-state index in [9.17, 15) is 9.59 Å². The fourth-order valence-electron chi connectivity index (χ4n) is 2.54. The van der Waals surface area contributed by atoms with Crippen molar-refractivity contribution in [2.45, 2.75) is 51.9 Å². The first-order chi connectivity index (χ1) is 13.2. The molecule has 0 radical (unpaired) electrons. The third-order valence-electron chi connectivity index (χ3n) is 3.96. The topological polar surface area (TPSA) is 93.5 Å². The molecule has 0 spiro atoms. The molecule has 0 saturated heterocycles. The molecule has 0 unspecified atom stereocenters. The van der Waals surface area contributed by atoms with Crippen molar-refractivity contribution < 1.29 is 14.3 Å². The molecule has 28 heavy (non-hydrogen) atoms. The molecular weight excluding hydrogens is 354 g/mol. The van der Waals surface area contributed by atoms with Crippen molar-refractivity contribution in [1.29, 1.82) is 0 Å². The molecule has 0 aliphatic carbocycles. The van der Waals surface area contributed by atoms with E-state index in [1.54, 1.807) is 0 Å². The lowest BCUT2D eigenvalue weighted by Crippen LogP contribution is -2.41. The maximum absolute atomic E-state index is 12.2. The monoisotopic (exact) mass is 383 g/mol. The lowest BCUT2D eigenvalue weighted by Gasteiger charge is -2.19. The summed E-state index contributed by atoms with van der Waals surface area (Å²) in [6.07, 6.45) is 0.0540. The zero-order valence-electron chi connectivity index (χ0n) is 16.7. The smallest absolute Gasteiger partial charge is 0.407 e. The number of benzene rings is 2. The van der Waals surface area contributed by atoms with Gasteiger partial charge in [-0.3, -0.25) is 4.79 Å². The number of rotatable bonds is 7. The molecular formula is C22H29N3O3. The van der Waals surface area contributed by atoms with Crippen LogP contribution in [0.3, 0.4) is 0 Å². The molecule has 2 aromatic rings. The van der Waals surface area contributed by atoms with Crippen LogP contribution in [-0.4, -0.2) is 23.6 Å². The van der Waals surface area contributed by atoms with Crippen LogP contribution in [0.1, 0.15) is 37.5 Å². The maximum Gasteiger partial charge on any atom is 0.407 e. The molecule has 2 amide bonds. The van der Waals surface area contributed by atoms with Crippen molar-refractivity contribution in [2.75, 3.05) is 0 Å². The minimum absolute atomic E-state index is 0.181. The van der Waals surface area contributed by atoms with Gasteiger partial charge in [0, 0.05) is 13.1 Å². The second kappa shape index (κ2) is 9.90. The number of amides is 2. The Labute approximate surface area is 166 Å². The Bertz CT molecular complexity index is 768. The molecule has 6 nitrogen and oxygen atoms in total. The summed E-state index contributed by atoms with van der Waals surface area (Å²) < 4.78 is 5.20. The van der Waals surface area contributed by atoms with Crippen molar-refractivity contribution >= 4 is 12.0 Å². The molecule has 0 saturated carbocycles. The van der Waals surface area contributed by atoms with Crippen molar-refractivity contribution in [3.8, 4) is 0 Å². The lowest BCUT2D eigenvalue weighted by molar-refractivity contribution is -0.122. The van der Waals surface area contributed by atoms with E-state index in [-0.39, 0.29) is 5.91 Å². The molecule has 0 fully saturated rings. The van der Waals surface area contributed by atoms with E-state index in [0.717, 1.165) is 16.7 Å². The summed E-state index contributed by atoms with van der Waals surface area (Å²) in [6, 6.07) is 16.8. The van der Waals surface area contributed by atoms with Crippen LogP contribution < -0.4 is 16.4 Å². The Kier molecular flexibility index (Phi) is 7.58. The summed E-state index contributed by atoms with van der Waals surface area (Å²) in [4.78, 5) is 23.9. The van der Waals surface area contributed by atoms with E-state index in [1.165, 1.54) is 0 Å². The second-order valence-corrected chi connectivity index (χ2v) is 7.69. The summed E-state index contributed by atoms with van der Waals surface area (Å²) in [5.41, 5.74) is 8.40. The van der Waals surface area contributed by atoms with Crippen LogP contribution in [0.15, 0.2) is 54.6 Å². The summed E-state index contributed by atoms with van der Waals surface area (Å²) in [5, 5.41) is 5.58. The number of hydrogen-bond donors (Lipinski definition) is 3. The van der Waals surface area contributed by atoms with Gasteiger partial charge in [0.2, 0.25) is 5.91 Å². The van der Waals surface area contributed by atoms with Gasteiger partial charge in [0.05, 0.1) is 6.04 Å². The van der Waals surface area contributed by atoms with Crippen LogP contribution in [0.4, 0.5) is 4.79 Å². The number of nitrogens with one attached hydrogen (secondary N) is 2. The number of ether oxygens (including phenoxy) is 1. The van der Waals surface area contributed by atoms with Crippen molar-refractivity contribution in [3.63, 3.8) is 0 Å². The summed E-state index contributed by atoms with van der Waals surface area (Å²) in [7, 11) is 0. The van der Waals surface area contributed by atoms with E-state index < -0.39 is 17.7 Å². The molecule has 4 N–H and O–H groups in total. The predicted octanol–water partition coefficient (Wildman–Crippen LogP) is 2.90. The highest BCUT2D eigenvalue weighted by molar-refractivity contribution is 5.81. The molecule has 2 aromatic carbocycles. The van der Waals surface area contributed by atoms with E-state index >= 15 is 0 Å².